The van der Waals surface area contributed by atoms with Gasteiger partial charge in [-0.05, 0) is 31.0 Å². The smallest absolute Gasteiger partial charge is 0.250 e. The zero-order valence-corrected chi connectivity index (χ0v) is 11.2. The van der Waals surface area contributed by atoms with Crippen LogP contribution in [0.25, 0.3) is 0 Å². The first-order valence-electron chi connectivity index (χ1n) is 7.05. The minimum atomic E-state index is -0.486. The van der Waals surface area contributed by atoms with Crippen molar-refractivity contribution in [3.05, 3.63) is 24.3 Å². The molecule has 0 atom stereocenters. The summed E-state index contributed by atoms with van der Waals surface area (Å²) in [6.07, 6.45) is 7.69. The average Bonchev–Trinajstić information content (AvgIpc) is 2.67. The number of benzene rings is 1. The molecule has 1 aliphatic rings. The fourth-order valence-electron chi connectivity index (χ4n) is 2.55. The largest absolute Gasteiger partial charge is 0.387 e. The normalized spacial score (nSPS) is 16.7. The molecule has 104 valence electrons. The second kappa shape index (κ2) is 7.14. The summed E-state index contributed by atoms with van der Waals surface area (Å²) in [6.45, 7) is -0.486. The van der Waals surface area contributed by atoms with E-state index in [2.05, 4.69) is 10.6 Å². The Balaban J connectivity index is 1.95. The molecule has 0 heterocycles. The number of carbonyl (C=O) groups excluding carboxylic acids is 1. The van der Waals surface area contributed by atoms with Gasteiger partial charge in [0, 0.05) is 17.4 Å². The molecule has 0 bridgehead atoms. The maximum Gasteiger partial charge on any atom is 0.250 e. The lowest BCUT2D eigenvalue weighted by molar-refractivity contribution is -0.118. The Bertz CT molecular complexity index is 412. The highest BCUT2D eigenvalue weighted by molar-refractivity contribution is 5.91. The third-order valence-corrected chi connectivity index (χ3v) is 3.52. The number of nitrogens with one attached hydrogen (secondary N) is 2. The standard InChI is InChI=1S/C15H22N2O2/c18-11-15(19)17-14-9-5-8-13(10-14)16-12-6-3-1-2-4-7-12/h5,8-10,12,16,18H,1-4,6-7,11H2,(H,17,19). The van der Waals surface area contributed by atoms with Gasteiger partial charge in [0.25, 0.3) is 0 Å². The van der Waals surface area contributed by atoms with Crippen molar-refractivity contribution in [2.24, 2.45) is 0 Å². The molecule has 1 aliphatic carbocycles. The molecule has 0 saturated heterocycles. The predicted octanol–water partition coefficient (Wildman–Crippen LogP) is 2.75. The first kappa shape index (κ1) is 13.9. The Kier molecular flexibility index (Phi) is 5.21. The maximum atomic E-state index is 11.1. The lowest BCUT2D eigenvalue weighted by Crippen LogP contribution is -2.19. The van der Waals surface area contributed by atoms with Crippen LogP contribution in [0.2, 0.25) is 0 Å². The quantitative estimate of drug-likeness (QED) is 0.731. The van der Waals surface area contributed by atoms with Crippen LogP contribution in [0, 0.1) is 0 Å². The molecule has 1 fully saturated rings. The molecule has 4 nitrogen and oxygen atoms in total. The molecular formula is C15H22N2O2. The molecule has 4 heteroatoms. The molecule has 1 saturated carbocycles. The first-order valence-corrected chi connectivity index (χ1v) is 7.05. The second-order valence-corrected chi connectivity index (χ2v) is 5.12. The van der Waals surface area contributed by atoms with Gasteiger partial charge >= 0.3 is 0 Å². The summed E-state index contributed by atoms with van der Waals surface area (Å²) >= 11 is 0. The van der Waals surface area contributed by atoms with E-state index in [-0.39, 0.29) is 5.91 Å². The first-order chi connectivity index (χ1) is 9.28. The highest BCUT2D eigenvalue weighted by Crippen LogP contribution is 2.22. The fraction of sp³-hybridized carbons (Fsp3) is 0.533. The van der Waals surface area contributed by atoms with Crippen LogP contribution in [-0.2, 0) is 4.79 Å². The topological polar surface area (TPSA) is 61.4 Å². The third-order valence-electron chi connectivity index (χ3n) is 3.52. The number of rotatable bonds is 4. The van der Waals surface area contributed by atoms with Gasteiger partial charge in [-0.3, -0.25) is 4.79 Å². The van der Waals surface area contributed by atoms with Crippen LogP contribution in [0.15, 0.2) is 24.3 Å². The molecule has 0 unspecified atom stereocenters. The number of carbonyl (C=O) groups is 1. The van der Waals surface area contributed by atoms with Crippen LogP contribution in [0.3, 0.4) is 0 Å². The van der Waals surface area contributed by atoms with E-state index < -0.39 is 6.61 Å². The Morgan fingerprint density at radius 2 is 1.84 bits per heavy atom. The second-order valence-electron chi connectivity index (χ2n) is 5.12. The van der Waals surface area contributed by atoms with Gasteiger partial charge in [0.15, 0.2) is 0 Å². The average molecular weight is 262 g/mol. The molecule has 0 aliphatic heterocycles. The van der Waals surface area contributed by atoms with Gasteiger partial charge in [0.1, 0.15) is 6.61 Å². The Morgan fingerprint density at radius 1 is 1.16 bits per heavy atom. The molecule has 1 amide bonds. The SMILES string of the molecule is O=C(CO)Nc1cccc(NC2CCCCCC2)c1. The van der Waals surface area contributed by atoms with Gasteiger partial charge in [-0.1, -0.05) is 31.7 Å². The van der Waals surface area contributed by atoms with Crippen molar-refractivity contribution < 1.29 is 9.90 Å². The van der Waals surface area contributed by atoms with Gasteiger partial charge in [-0.2, -0.15) is 0 Å². The molecule has 2 rings (SSSR count). The molecule has 0 spiro atoms. The Hall–Kier alpha value is -1.55. The van der Waals surface area contributed by atoms with Crippen molar-refractivity contribution in [1.29, 1.82) is 0 Å². The van der Waals surface area contributed by atoms with E-state index in [1.54, 1.807) is 0 Å². The van der Waals surface area contributed by atoms with Crippen molar-refractivity contribution in [2.45, 2.75) is 44.6 Å². The number of hydrogen-bond donors (Lipinski definition) is 3. The summed E-state index contributed by atoms with van der Waals surface area (Å²) in [7, 11) is 0. The van der Waals surface area contributed by atoms with Crippen LogP contribution >= 0.6 is 0 Å². The summed E-state index contributed by atoms with van der Waals surface area (Å²) in [5, 5.41) is 14.9. The van der Waals surface area contributed by atoms with Crippen molar-refractivity contribution >= 4 is 17.3 Å². The zero-order chi connectivity index (χ0) is 13.5. The molecule has 1 aromatic carbocycles. The fourth-order valence-corrected chi connectivity index (χ4v) is 2.55. The molecule has 0 aromatic heterocycles. The lowest BCUT2D eigenvalue weighted by Gasteiger charge is -2.18. The lowest BCUT2D eigenvalue weighted by atomic mass is 10.1. The number of anilines is 2. The summed E-state index contributed by atoms with van der Waals surface area (Å²) in [6, 6.07) is 8.20. The van der Waals surface area contributed by atoms with Gasteiger partial charge in [-0.25, -0.2) is 0 Å². The van der Waals surface area contributed by atoms with Gasteiger partial charge in [-0.15, -0.1) is 0 Å². The molecule has 1 aromatic rings. The maximum absolute atomic E-state index is 11.1. The third kappa shape index (κ3) is 4.56. The number of hydrogen-bond acceptors (Lipinski definition) is 3. The minimum absolute atomic E-state index is 0.383. The summed E-state index contributed by atoms with van der Waals surface area (Å²) in [5.41, 5.74) is 1.75. The van der Waals surface area contributed by atoms with Crippen molar-refractivity contribution in [2.75, 3.05) is 17.2 Å². The van der Waals surface area contributed by atoms with Crippen molar-refractivity contribution in [3.63, 3.8) is 0 Å². The highest BCUT2D eigenvalue weighted by Gasteiger charge is 2.12. The zero-order valence-electron chi connectivity index (χ0n) is 11.2. The number of aliphatic hydroxyl groups excluding tert-OH is 1. The van der Waals surface area contributed by atoms with Gasteiger partial charge in [0.05, 0.1) is 0 Å². The highest BCUT2D eigenvalue weighted by atomic mass is 16.3. The monoisotopic (exact) mass is 262 g/mol. The predicted molar refractivity (Wildman–Crippen MR) is 77.3 cm³/mol. The van der Waals surface area contributed by atoms with Crippen LogP contribution in [-0.4, -0.2) is 23.7 Å². The molecular weight excluding hydrogens is 240 g/mol. The minimum Gasteiger partial charge on any atom is -0.387 e. The van der Waals surface area contributed by atoms with E-state index in [4.69, 9.17) is 5.11 Å². The van der Waals surface area contributed by atoms with Crippen LogP contribution in [0.5, 0.6) is 0 Å². The van der Waals surface area contributed by atoms with Gasteiger partial charge < -0.3 is 15.7 Å². The molecule has 19 heavy (non-hydrogen) atoms. The van der Waals surface area contributed by atoms with E-state index in [1.165, 1.54) is 38.5 Å². The number of amides is 1. The van der Waals surface area contributed by atoms with Crippen molar-refractivity contribution in [3.8, 4) is 0 Å². The van der Waals surface area contributed by atoms with E-state index >= 15 is 0 Å². The summed E-state index contributed by atoms with van der Waals surface area (Å²) < 4.78 is 0. The van der Waals surface area contributed by atoms with E-state index in [0.717, 1.165) is 11.4 Å². The Morgan fingerprint density at radius 3 is 2.53 bits per heavy atom. The van der Waals surface area contributed by atoms with E-state index in [9.17, 15) is 4.79 Å². The molecule has 3 N–H and O–H groups in total. The summed E-state index contributed by atoms with van der Waals surface area (Å²) in [4.78, 5) is 11.1. The number of aliphatic hydroxyl groups is 1. The van der Waals surface area contributed by atoms with E-state index in [0.29, 0.717) is 6.04 Å². The van der Waals surface area contributed by atoms with Gasteiger partial charge in [0.2, 0.25) is 5.91 Å². The van der Waals surface area contributed by atoms with Crippen molar-refractivity contribution in [1.82, 2.24) is 0 Å². The van der Waals surface area contributed by atoms with Crippen LogP contribution < -0.4 is 10.6 Å². The van der Waals surface area contributed by atoms with Crippen LogP contribution in [0.1, 0.15) is 38.5 Å². The Labute approximate surface area is 114 Å². The summed E-state index contributed by atoms with van der Waals surface area (Å²) in [5.74, 6) is -0.383. The molecule has 0 radical (unpaired) electrons. The van der Waals surface area contributed by atoms with Crippen LogP contribution in [0.4, 0.5) is 11.4 Å². The van der Waals surface area contributed by atoms with E-state index in [1.807, 2.05) is 24.3 Å².